The molecule has 71 valence electrons. The highest BCUT2D eigenvalue weighted by molar-refractivity contribution is 5.75. The first-order valence-corrected chi connectivity index (χ1v) is 4.05. The van der Waals surface area contributed by atoms with Crippen LogP contribution in [-0.4, -0.2) is 15.5 Å². The van der Waals surface area contributed by atoms with Crippen LogP contribution in [0.15, 0.2) is 12.5 Å². The Hall–Kier alpha value is -1.32. The van der Waals surface area contributed by atoms with E-state index < -0.39 is 5.41 Å². The van der Waals surface area contributed by atoms with Gasteiger partial charge in [-0.3, -0.25) is 4.79 Å². The summed E-state index contributed by atoms with van der Waals surface area (Å²) in [5, 5.41) is 0. The van der Waals surface area contributed by atoms with Crippen LogP contribution in [0.4, 0.5) is 0 Å². The van der Waals surface area contributed by atoms with Crippen LogP contribution < -0.4 is 0 Å². The van der Waals surface area contributed by atoms with Crippen molar-refractivity contribution in [3.63, 3.8) is 0 Å². The largest absolute Gasteiger partial charge is 0.443 e. The van der Waals surface area contributed by atoms with Gasteiger partial charge in [0.1, 0.15) is 6.20 Å². The van der Waals surface area contributed by atoms with Gasteiger partial charge in [0.25, 0.3) is 0 Å². The van der Waals surface area contributed by atoms with Crippen LogP contribution in [-0.2, 0) is 16.3 Å². The highest BCUT2D eigenvalue weighted by atomic mass is 16.5. The van der Waals surface area contributed by atoms with E-state index in [1.807, 2.05) is 20.8 Å². The van der Waals surface area contributed by atoms with E-state index in [0.717, 1.165) is 0 Å². The number of hydrogen-bond donors (Lipinski definition) is 0. The fraction of sp³-hybridized carbons (Fsp3) is 0.556. The molecule has 0 saturated heterocycles. The first-order valence-electron chi connectivity index (χ1n) is 4.05. The van der Waals surface area contributed by atoms with Gasteiger partial charge in [0, 0.05) is 6.20 Å². The molecule has 0 bridgehead atoms. The summed E-state index contributed by atoms with van der Waals surface area (Å²) in [5.41, 5.74) is -0.454. The van der Waals surface area contributed by atoms with Crippen molar-refractivity contribution in [2.24, 2.45) is 5.41 Å². The molecule has 1 aromatic rings. The summed E-state index contributed by atoms with van der Waals surface area (Å²) in [6, 6.07) is 0. The molecule has 1 heterocycles. The summed E-state index contributed by atoms with van der Waals surface area (Å²) in [6.45, 7) is 5.65. The molecule has 0 aromatic carbocycles. The van der Waals surface area contributed by atoms with Crippen LogP contribution in [0.5, 0.6) is 0 Å². The normalized spacial score (nSPS) is 11.3. The lowest BCUT2D eigenvalue weighted by molar-refractivity contribution is -0.156. The summed E-state index contributed by atoms with van der Waals surface area (Å²) in [4.78, 5) is 15.0. The molecule has 1 radical (unpaired) electrons. The van der Waals surface area contributed by atoms with Crippen LogP contribution in [0, 0.1) is 11.6 Å². The Kier molecular flexibility index (Phi) is 2.70. The number of carbonyl (C=O) groups is 1. The number of rotatable bonds is 2. The van der Waals surface area contributed by atoms with E-state index in [0.29, 0.717) is 0 Å². The van der Waals surface area contributed by atoms with Gasteiger partial charge < -0.3 is 9.30 Å². The zero-order valence-corrected chi connectivity index (χ0v) is 8.07. The summed E-state index contributed by atoms with van der Waals surface area (Å²) in [7, 11) is 0. The van der Waals surface area contributed by atoms with Crippen molar-refractivity contribution in [3.05, 3.63) is 18.7 Å². The smallest absolute Gasteiger partial charge is 0.312 e. The van der Waals surface area contributed by atoms with Gasteiger partial charge in [-0.2, -0.15) is 0 Å². The predicted octanol–water partition coefficient (Wildman–Crippen LogP) is 1.23. The number of carbonyl (C=O) groups excluding carboxylic acids is 1. The molecule has 0 spiro atoms. The van der Waals surface area contributed by atoms with Crippen molar-refractivity contribution in [3.8, 4) is 0 Å². The summed E-state index contributed by atoms with van der Waals surface area (Å²) < 4.78 is 6.66. The zero-order chi connectivity index (χ0) is 9.90. The molecular weight excluding hydrogens is 168 g/mol. The SMILES string of the molecule is CC(C)(C)C(=O)OCn1c[c]nc1. The van der Waals surface area contributed by atoms with E-state index in [-0.39, 0.29) is 12.7 Å². The Morgan fingerprint density at radius 2 is 2.31 bits per heavy atom. The minimum Gasteiger partial charge on any atom is -0.443 e. The number of ether oxygens (including phenoxy) is 1. The molecule has 0 atom stereocenters. The topological polar surface area (TPSA) is 44.1 Å². The molecule has 0 aliphatic heterocycles. The first kappa shape index (κ1) is 9.77. The second kappa shape index (κ2) is 3.60. The average Bonchev–Trinajstić information content (AvgIpc) is 2.50. The number of imidazole rings is 1. The highest BCUT2D eigenvalue weighted by Crippen LogP contribution is 2.15. The number of aromatic nitrogens is 2. The van der Waals surface area contributed by atoms with Gasteiger partial charge in [-0.25, -0.2) is 4.98 Å². The van der Waals surface area contributed by atoms with E-state index >= 15 is 0 Å². The van der Waals surface area contributed by atoms with Gasteiger partial charge in [0.05, 0.1) is 11.7 Å². The molecular formula is C9H13N2O2. The minimum absolute atomic E-state index is 0.201. The minimum atomic E-state index is -0.454. The molecule has 0 aliphatic rings. The van der Waals surface area contributed by atoms with Gasteiger partial charge in [0.15, 0.2) is 6.73 Å². The van der Waals surface area contributed by atoms with E-state index in [2.05, 4.69) is 11.2 Å². The Labute approximate surface area is 77.5 Å². The molecule has 1 rings (SSSR count). The van der Waals surface area contributed by atoms with Crippen LogP contribution in [0.2, 0.25) is 0 Å². The number of nitrogens with zero attached hydrogens (tertiary/aromatic N) is 2. The Bertz CT molecular complexity index is 272. The lowest BCUT2D eigenvalue weighted by Crippen LogP contribution is -2.23. The monoisotopic (exact) mass is 181 g/mol. The molecule has 0 fully saturated rings. The average molecular weight is 181 g/mol. The quantitative estimate of drug-likeness (QED) is 0.644. The highest BCUT2D eigenvalue weighted by Gasteiger charge is 2.22. The molecule has 4 nitrogen and oxygen atoms in total. The van der Waals surface area contributed by atoms with Crippen molar-refractivity contribution in [2.45, 2.75) is 27.5 Å². The molecule has 0 N–H and O–H groups in total. The lowest BCUT2D eigenvalue weighted by atomic mass is 9.98. The second-order valence-electron chi connectivity index (χ2n) is 3.83. The van der Waals surface area contributed by atoms with Crippen molar-refractivity contribution < 1.29 is 9.53 Å². The summed E-state index contributed by atoms with van der Waals surface area (Å²) in [5.74, 6) is -0.221. The van der Waals surface area contributed by atoms with Gasteiger partial charge >= 0.3 is 5.97 Å². The lowest BCUT2D eigenvalue weighted by Gasteiger charge is -2.16. The first-order chi connectivity index (χ1) is 6.00. The molecule has 0 unspecified atom stereocenters. The zero-order valence-electron chi connectivity index (χ0n) is 8.07. The van der Waals surface area contributed by atoms with Crippen LogP contribution in [0.25, 0.3) is 0 Å². The maximum Gasteiger partial charge on any atom is 0.312 e. The van der Waals surface area contributed by atoms with Crippen LogP contribution >= 0.6 is 0 Å². The van der Waals surface area contributed by atoms with E-state index in [1.165, 1.54) is 0 Å². The molecule has 1 aromatic heterocycles. The molecule has 4 heteroatoms. The maximum atomic E-state index is 11.3. The summed E-state index contributed by atoms with van der Waals surface area (Å²) >= 11 is 0. The number of esters is 1. The van der Waals surface area contributed by atoms with Gasteiger partial charge in [-0.15, -0.1) is 0 Å². The van der Waals surface area contributed by atoms with Gasteiger partial charge in [-0.1, -0.05) is 0 Å². The van der Waals surface area contributed by atoms with Gasteiger partial charge in [0.2, 0.25) is 0 Å². The number of hydrogen-bond acceptors (Lipinski definition) is 3. The Morgan fingerprint density at radius 1 is 1.62 bits per heavy atom. The van der Waals surface area contributed by atoms with E-state index in [1.54, 1.807) is 17.1 Å². The molecule has 0 saturated carbocycles. The third-order valence-electron chi connectivity index (χ3n) is 1.46. The fourth-order valence-corrected chi connectivity index (χ4v) is 0.669. The molecule has 13 heavy (non-hydrogen) atoms. The van der Waals surface area contributed by atoms with E-state index in [9.17, 15) is 4.79 Å². The van der Waals surface area contributed by atoms with Gasteiger partial charge in [-0.05, 0) is 20.8 Å². The van der Waals surface area contributed by atoms with Crippen molar-refractivity contribution >= 4 is 5.97 Å². The third kappa shape index (κ3) is 2.89. The predicted molar refractivity (Wildman–Crippen MR) is 46.6 cm³/mol. The van der Waals surface area contributed by atoms with Crippen molar-refractivity contribution in [1.82, 2.24) is 9.55 Å². The van der Waals surface area contributed by atoms with Crippen LogP contribution in [0.1, 0.15) is 20.8 Å². The fourth-order valence-electron chi connectivity index (χ4n) is 0.669. The Balaban J connectivity index is 2.40. The van der Waals surface area contributed by atoms with Crippen LogP contribution in [0.3, 0.4) is 0 Å². The maximum absolute atomic E-state index is 11.3. The standard InChI is InChI=1S/C9H13N2O2/c1-9(2,3)8(12)13-7-11-5-4-10-6-11/h5-6H,7H2,1-3H3. The van der Waals surface area contributed by atoms with Crippen molar-refractivity contribution in [1.29, 1.82) is 0 Å². The summed E-state index contributed by atoms with van der Waals surface area (Å²) in [6.07, 6.45) is 5.79. The third-order valence-corrected chi connectivity index (χ3v) is 1.46. The second-order valence-corrected chi connectivity index (χ2v) is 3.83. The molecule has 0 amide bonds. The van der Waals surface area contributed by atoms with E-state index in [4.69, 9.17) is 4.74 Å². The Morgan fingerprint density at radius 3 is 2.77 bits per heavy atom. The molecule has 0 aliphatic carbocycles. The van der Waals surface area contributed by atoms with Crippen molar-refractivity contribution in [2.75, 3.05) is 0 Å².